The molecular formula is C20H19ClFN5O3S. The summed E-state index contributed by atoms with van der Waals surface area (Å²) in [5.74, 6) is -1.15. The number of halogens is 2. The Labute approximate surface area is 183 Å². The zero-order valence-corrected chi connectivity index (χ0v) is 17.9. The number of aromatic nitrogens is 2. The summed E-state index contributed by atoms with van der Waals surface area (Å²) < 4.78 is 44.2. The van der Waals surface area contributed by atoms with Crippen molar-refractivity contribution in [1.82, 2.24) is 18.6 Å². The molecule has 0 radical (unpaired) electrons. The molecule has 0 unspecified atom stereocenters. The molecule has 4 rings (SSSR count). The molecule has 1 saturated heterocycles. The summed E-state index contributed by atoms with van der Waals surface area (Å²) in [7, 11) is -2.57. The number of rotatable bonds is 4. The van der Waals surface area contributed by atoms with Crippen LogP contribution in [0.2, 0.25) is 5.02 Å². The Hall–Kier alpha value is -2.79. The lowest BCUT2D eigenvalue weighted by atomic mass is 9.99. The van der Waals surface area contributed by atoms with Crippen molar-refractivity contribution in [2.45, 2.75) is 18.5 Å². The fraction of sp³-hybridized carbons (Fsp3) is 0.200. The van der Waals surface area contributed by atoms with Crippen LogP contribution >= 0.6 is 11.6 Å². The van der Waals surface area contributed by atoms with Crippen molar-refractivity contribution in [3.63, 3.8) is 0 Å². The molecule has 1 aliphatic heterocycles. The van der Waals surface area contributed by atoms with Crippen LogP contribution in [0.15, 0.2) is 61.2 Å². The number of hydrogen-bond donors (Lipinski definition) is 2. The molecule has 1 aliphatic rings. The van der Waals surface area contributed by atoms with Gasteiger partial charge in [-0.2, -0.15) is 17.4 Å². The zero-order valence-electron chi connectivity index (χ0n) is 16.4. The third-order valence-corrected chi connectivity index (χ3v) is 7.02. The van der Waals surface area contributed by atoms with Gasteiger partial charge in [-0.25, -0.2) is 9.37 Å². The minimum absolute atomic E-state index is 0.140. The second-order valence-electron chi connectivity index (χ2n) is 7.13. The number of benzene rings is 2. The summed E-state index contributed by atoms with van der Waals surface area (Å²) >= 11 is 5.77. The molecule has 162 valence electrons. The standard InChI is InChI=1S/C20H19ClFN5O3S/c1-26-19(20(28)24-14-5-6-17(22)16(21)10-14)11-18(25-31(26,29)30)13-3-2-4-15(9-13)27-8-7-23-12-27/h2-10,12,18-19,25H,11H2,1H3,(H,24,28)/t18-,19+/m0/s1. The molecule has 2 N–H and O–H groups in total. The highest BCUT2D eigenvalue weighted by Crippen LogP contribution is 2.30. The molecule has 1 fully saturated rings. The van der Waals surface area contributed by atoms with Crippen LogP contribution in [0.4, 0.5) is 10.1 Å². The molecule has 2 atom stereocenters. The number of carbonyl (C=O) groups excluding carboxylic acids is 1. The normalized spacial score (nSPS) is 21.0. The minimum atomic E-state index is -3.91. The van der Waals surface area contributed by atoms with E-state index in [1.54, 1.807) is 29.4 Å². The van der Waals surface area contributed by atoms with Crippen molar-refractivity contribution in [3.05, 3.63) is 77.6 Å². The van der Waals surface area contributed by atoms with Crippen molar-refractivity contribution in [3.8, 4) is 5.69 Å². The Morgan fingerprint density at radius 3 is 2.81 bits per heavy atom. The molecule has 0 saturated carbocycles. The lowest BCUT2D eigenvalue weighted by molar-refractivity contribution is -0.120. The predicted molar refractivity (Wildman–Crippen MR) is 115 cm³/mol. The van der Waals surface area contributed by atoms with Crippen molar-refractivity contribution in [1.29, 1.82) is 0 Å². The highest BCUT2D eigenvalue weighted by atomic mass is 35.5. The third-order valence-electron chi connectivity index (χ3n) is 5.13. The van der Waals surface area contributed by atoms with E-state index in [4.69, 9.17) is 11.6 Å². The number of carbonyl (C=O) groups is 1. The number of anilines is 1. The molecule has 0 spiro atoms. The van der Waals surface area contributed by atoms with Crippen molar-refractivity contribution in [2.75, 3.05) is 12.4 Å². The summed E-state index contributed by atoms with van der Waals surface area (Å²) in [5, 5.41) is 2.48. The Bertz CT molecular complexity index is 1220. The smallest absolute Gasteiger partial charge is 0.280 e. The lowest BCUT2D eigenvalue weighted by Crippen LogP contribution is -2.55. The van der Waals surface area contributed by atoms with E-state index in [2.05, 4.69) is 15.0 Å². The first kappa shape index (κ1) is 21.4. The van der Waals surface area contributed by atoms with Gasteiger partial charge in [-0.3, -0.25) is 4.79 Å². The molecule has 0 aliphatic carbocycles. The van der Waals surface area contributed by atoms with Gasteiger partial charge in [0.1, 0.15) is 11.9 Å². The van der Waals surface area contributed by atoms with Crippen molar-refractivity contribution in [2.24, 2.45) is 0 Å². The van der Waals surface area contributed by atoms with E-state index in [1.165, 1.54) is 19.2 Å². The second kappa shape index (κ2) is 8.39. The van der Waals surface area contributed by atoms with Gasteiger partial charge >= 0.3 is 0 Å². The fourth-order valence-electron chi connectivity index (χ4n) is 3.44. The first-order valence-electron chi connectivity index (χ1n) is 9.34. The maximum atomic E-state index is 13.4. The van der Waals surface area contributed by atoms with Gasteiger partial charge in [0.2, 0.25) is 5.91 Å². The maximum absolute atomic E-state index is 13.4. The number of likely N-dealkylation sites (N-methyl/N-ethyl adjacent to an activating group) is 1. The van der Waals surface area contributed by atoms with Crippen LogP contribution in [-0.4, -0.2) is 41.3 Å². The Kier molecular flexibility index (Phi) is 5.80. The van der Waals surface area contributed by atoms with Crippen LogP contribution in [0.5, 0.6) is 0 Å². The monoisotopic (exact) mass is 463 g/mol. The van der Waals surface area contributed by atoms with Gasteiger partial charge in [0.25, 0.3) is 10.2 Å². The van der Waals surface area contributed by atoms with Crippen LogP contribution in [0, 0.1) is 5.82 Å². The molecule has 1 aromatic heterocycles. The minimum Gasteiger partial charge on any atom is -0.325 e. The topological polar surface area (TPSA) is 96.3 Å². The first-order chi connectivity index (χ1) is 14.7. The SMILES string of the molecule is CN1[C@@H](C(=O)Nc2ccc(F)c(Cl)c2)C[C@@H](c2cccc(-n3ccnc3)c2)NS1(=O)=O. The first-order valence-corrected chi connectivity index (χ1v) is 11.2. The average Bonchev–Trinajstić information content (AvgIpc) is 3.27. The number of nitrogens with one attached hydrogen (secondary N) is 2. The fourth-order valence-corrected chi connectivity index (χ4v) is 4.90. The van der Waals surface area contributed by atoms with Gasteiger partial charge in [0.15, 0.2) is 0 Å². The van der Waals surface area contributed by atoms with Gasteiger partial charge in [0.05, 0.1) is 11.3 Å². The number of amides is 1. The van der Waals surface area contributed by atoms with E-state index in [-0.39, 0.29) is 17.1 Å². The second-order valence-corrected chi connectivity index (χ2v) is 9.30. The van der Waals surface area contributed by atoms with E-state index in [0.717, 1.165) is 16.1 Å². The van der Waals surface area contributed by atoms with Crippen LogP contribution in [0.25, 0.3) is 5.69 Å². The summed E-state index contributed by atoms with van der Waals surface area (Å²) in [4.78, 5) is 16.9. The van der Waals surface area contributed by atoms with Crippen LogP contribution in [-0.2, 0) is 15.0 Å². The van der Waals surface area contributed by atoms with E-state index < -0.39 is 34.0 Å². The van der Waals surface area contributed by atoms with Crippen LogP contribution in [0.3, 0.4) is 0 Å². The summed E-state index contributed by atoms with van der Waals surface area (Å²) in [6.45, 7) is 0. The van der Waals surface area contributed by atoms with Gasteiger partial charge < -0.3 is 9.88 Å². The van der Waals surface area contributed by atoms with Gasteiger partial charge in [0, 0.05) is 36.9 Å². The Morgan fingerprint density at radius 2 is 2.10 bits per heavy atom. The molecule has 3 aromatic rings. The predicted octanol–water partition coefficient (Wildman–Crippen LogP) is 2.88. The van der Waals surface area contributed by atoms with Gasteiger partial charge in [-0.1, -0.05) is 23.7 Å². The highest BCUT2D eigenvalue weighted by molar-refractivity contribution is 7.87. The molecule has 2 heterocycles. The van der Waals surface area contributed by atoms with E-state index in [1.807, 2.05) is 18.2 Å². The van der Waals surface area contributed by atoms with Gasteiger partial charge in [-0.05, 0) is 42.3 Å². The summed E-state index contributed by atoms with van der Waals surface area (Å²) in [6, 6.07) is 9.50. The van der Waals surface area contributed by atoms with Crippen LogP contribution < -0.4 is 10.0 Å². The molecule has 1 amide bonds. The zero-order chi connectivity index (χ0) is 22.2. The van der Waals surface area contributed by atoms with Crippen molar-refractivity contribution < 1.29 is 17.6 Å². The summed E-state index contributed by atoms with van der Waals surface area (Å²) in [6.07, 6.45) is 5.26. The quantitative estimate of drug-likeness (QED) is 0.621. The Morgan fingerprint density at radius 1 is 1.29 bits per heavy atom. The third kappa shape index (κ3) is 4.47. The molecule has 2 aromatic carbocycles. The number of hydrogen-bond acceptors (Lipinski definition) is 4. The maximum Gasteiger partial charge on any atom is 0.280 e. The number of imidazole rings is 1. The summed E-state index contributed by atoms with van der Waals surface area (Å²) in [5.41, 5.74) is 1.81. The van der Waals surface area contributed by atoms with Crippen LogP contribution in [0.1, 0.15) is 18.0 Å². The lowest BCUT2D eigenvalue weighted by Gasteiger charge is -2.36. The molecule has 8 nitrogen and oxygen atoms in total. The van der Waals surface area contributed by atoms with Gasteiger partial charge in [-0.15, -0.1) is 0 Å². The largest absolute Gasteiger partial charge is 0.325 e. The molecule has 31 heavy (non-hydrogen) atoms. The highest BCUT2D eigenvalue weighted by Gasteiger charge is 2.40. The van der Waals surface area contributed by atoms with E-state index in [9.17, 15) is 17.6 Å². The van der Waals surface area contributed by atoms with Crippen molar-refractivity contribution >= 4 is 33.4 Å². The average molecular weight is 464 g/mol. The molecule has 11 heteroatoms. The molecule has 0 bridgehead atoms. The number of nitrogens with zero attached hydrogens (tertiary/aromatic N) is 3. The van der Waals surface area contributed by atoms with E-state index in [0.29, 0.717) is 5.56 Å². The molecular weight excluding hydrogens is 445 g/mol. The van der Waals surface area contributed by atoms with E-state index >= 15 is 0 Å². The Balaban J connectivity index is 1.60.